The van der Waals surface area contributed by atoms with Gasteiger partial charge in [0.1, 0.15) is 5.52 Å². The average Bonchev–Trinajstić information content (AvgIpc) is 3.03. The lowest BCUT2D eigenvalue weighted by Crippen LogP contribution is -2.16. The highest BCUT2D eigenvalue weighted by Crippen LogP contribution is 2.40. The molecular weight excluding hydrogens is 242 g/mol. The standard InChI is InChI=1S/C15H17NO3/c1-2-9-6-7-13-12(8-9)16-14(19-13)10-4-3-5-11(10)15(17)18/h6-8,10-11H,2-5H2,1H3,(H,17,18). The summed E-state index contributed by atoms with van der Waals surface area (Å²) in [6, 6.07) is 5.98. The Balaban J connectivity index is 1.98. The lowest BCUT2D eigenvalue weighted by molar-refractivity contribution is -0.142. The number of carbonyl (C=O) groups is 1. The van der Waals surface area contributed by atoms with Gasteiger partial charge in [0.05, 0.1) is 5.92 Å². The number of carboxylic acid groups (broad SMARTS) is 1. The molecule has 0 bridgehead atoms. The first-order valence-corrected chi connectivity index (χ1v) is 6.81. The molecule has 0 saturated heterocycles. The van der Waals surface area contributed by atoms with Crippen LogP contribution in [0.3, 0.4) is 0 Å². The second-order valence-corrected chi connectivity index (χ2v) is 5.19. The van der Waals surface area contributed by atoms with E-state index in [1.54, 1.807) is 0 Å². The molecule has 19 heavy (non-hydrogen) atoms. The summed E-state index contributed by atoms with van der Waals surface area (Å²) < 4.78 is 5.76. The summed E-state index contributed by atoms with van der Waals surface area (Å²) in [4.78, 5) is 15.7. The van der Waals surface area contributed by atoms with Crippen LogP contribution in [0.4, 0.5) is 0 Å². The highest BCUT2D eigenvalue weighted by molar-refractivity contribution is 5.74. The van der Waals surface area contributed by atoms with Gasteiger partial charge < -0.3 is 9.52 Å². The quantitative estimate of drug-likeness (QED) is 0.918. The summed E-state index contributed by atoms with van der Waals surface area (Å²) in [5.74, 6) is -0.569. The van der Waals surface area contributed by atoms with Crippen LogP contribution in [0, 0.1) is 5.92 Å². The van der Waals surface area contributed by atoms with Gasteiger partial charge in [0.15, 0.2) is 11.5 Å². The Morgan fingerprint density at radius 2 is 2.32 bits per heavy atom. The van der Waals surface area contributed by atoms with Gasteiger partial charge in [-0.3, -0.25) is 4.79 Å². The summed E-state index contributed by atoms with van der Waals surface area (Å²) in [7, 11) is 0. The van der Waals surface area contributed by atoms with Crippen molar-refractivity contribution in [1.82, 2.24) is 4.98 Å². The Bertz CT molecular complexity index is 617. The van der Waals surface area contributed by atoms with E-state index >= 15 is 0 Å². The Morgan fingerprint density at radius 3 is 3.05 bits per heavy atom. The van der Waals surface area contributed by atoms with Crippen molar-refractivity contribution >= 4 is 17.1 Å². The average molecular weight is 259 g/mol. The summed E-state index contributed by atoms with van der Waals surface area (Å²) in [6.45, 7) is 2.10. The number of hydrogen-bond donors (Lipinski definition) is 1. The van der Waals surface area contributed by atoms with Crippen molar-refractivity contribution in [3.8, 4) is 0 Å². The number of carboxylic acids is 1. The van der Waals surface area contributed by atoms with Crippen LogP contribution < -0.4 is 0 Å². The lowest BCUT2D eigenvalue weighted by atomic mass is 9.96. The molecule has 1 aromatic carbocycles. The molecule has 0 aliphatic heterocycles. The van der Waals surface area contributed by atoms with Crippen molar-refractivity contribution < 1.29 is 14.3 Å². The first-order valence-electron chi connectivity index (χ1n) is 6.81. The van der Waals surface area contributed by atoms with Crippen molar-refractivity contribution in [2.75, 3.05) is 0 Å². The fourth-order valence-corrected chi connectivity index (χ4v) is 2.92. The minimum absolute atomic E-state index is 0.0741. The third-order valence-electron chi connectivity index (χ3n) is 4.03. The molecule has 1 aromatic heterocycles. The number of aromatic nitrogens is 1. The number of oxazole rings is 1. The zero-order valence-corrected chi connectivity index (χ0v) is 10.9. The predicted octanol–water partition coefficient (Wildman–Crippen LogP) is 3.36. The zero-order chi connectivity index (χ0) is 13.4. The third-order valence-corrected chi connectivity index (χ3v) is 4.03. The SMILES string of the molecule is CCc1ccc2oc(C3CCCC3C(=O)O)nc2c1. The van der Waals surface area contributed by atoms with E-state index in [0.717, 1.165) is 36.8 Å². The molecule has 1 saturated carbocycles. The van der Waals surface area contributed by atoms with Crippen LogP contribution in [-0.2, 0) is 11.2 Å². The van der Waals surface area contributed by atoms with Gasteiger partial charge in [-0.1, -0.05) is 19.4 Å². The van der Waals surface area contributed by atoms with E-state index in [9.17, 15) is 9.90 Å². The van der Waals surface area contributed by atoms with Crippen molar-refractivity contribution in [2.24, 2.45) is 5.92 Å². The van der Waals surface area contributed by atoms with E-state index in [4.69, 9.17) is 4.42 Å². The normalized spacial score (nSPS) is 23.0. The van der Waals surface area contributed by atoms with Gasteiger partial charge in [0.25, 0.3) is 0 Å². The number of benzene rings is 1. The smallest absolute Gasteiger partial charge is 0.307 e. The Kier molecular flexibility index (Phi) is 3.01. The molecule has 2 unspecified atom stereocenters. The number of hydrogen-bond acceptors (Lipinski definition) is 3. The maximum absolute atomic E-state index is 11.2. The van der Waals surface area contributed by atoms with Crippen LogP contribution >= 0.6 is 0 Å². The largest absolute Gasteiger partial charge is 0.481 e. The van der Waals surface area contributed by atoms with E-state index in [0.29, 0.717) is 5.89 Å². The molecule has 4 heteroatoms. The van der Waals surface area contributed by atoms with Gasteiger partial charge >= 0.3 is 5.97 Å². The molecule has 4 nitrogen and oxygen atoms in total. The maximum atomic E-state index is 11.2. The van der Waals surface area contributed by atoms with Crippen molar-refractivity contribution in [1.29, 1.82) is 0 Å². The fourth-order valence-electron chi connectivity index (χ4n) is 2.92. The molecule has 1 fully saturated rings. The van der Waals surface area contributed by atoms with E-state index in [1.165, 1.54) is 5.56 Å². The van der Waals surface area contributed by atoms with Gasteiger partial charge in [0.2, 0.25) is 0 Å². The Labute approximate surface area is 111 Å². The fraction of sp³-hybridized carbons (Fsp3) is 0.467. The first-order chi connectivity index (χ1) is 9.19. The first kappa shape index (κ1) is 12.2. The number of rotatable bonds is 3. The zero-order valence-electron chi connectivity index (χ0n) is 10.9. The molecular formula is C15H17NO3. The molecule has 1 aliphatic carbocycles. The van der Waals surface area contributed by atoms with Crippen molar-refractivity contribution in [2.45, 2.75) is 38.5 Å². The van der Waals surface area contributed by atoms with E-state index < -0.39 is 5.97 Å². The molecule has 100 valence electrons. The summed E-state index contributed by atoms with van der Waals surface area (Å²) >= 11 is 0. The van der Waals surface area contributed by atoms with Crippen LogP contribution in [0.1, 0.15) is 43.6 Å². The topological polar surface area (TPSA) is 63.3 Å². The van der Waals surface area contributed by atoms with Crippen LogP contribution in [0.2, 0.25) is 0 Å². The predicted molar refractivity (Wildman–Crippen MR) is 71.1 cm³/mol. The molecule has 0 radical (unpaired) electrons. The molecule has 0 spiro atoms. The third kappa shape index (κ3) is 2.11. The molecule has 0 amide bonds. The van der Waals surface area contributed by atoms with Crippen LogP contribution in [0.15, 0.2) is 22.6 Å². The van der Waals surface area contributed by atoms with E-state index in [-0.39, 0.29) is 11.8 Å². The van der Waals surface area contributed by atoms with Crippen LogP contribution in [-0.4, -0.2) is 16.1 Å². The molecule has 1 heterocycles. The molecule has 2 atom stereocenters. The van der Waals surface area contributed by atoms with Gasteiger partial charge in [-0.15, -0.1) is 0 Å². The highest BCUT2D eigenvalue weighted by atomic mass is 16.4. The Morgan fingerprint density at radius 1 is 1.47 bits per heavy atom. The number of fused-ring (bicyclic) bond motifs is 1. The van der Waals surface area contributed by atoms with E-state index in [2.05, 4.69) is 11.9 Å². The van der Waals surface area contributed by atoms with Gasteiger partial charge in [-0.25, -0.2) is 4.98 Å². The maximum Gasteiger partial charge on any atom is 0.307 e. The van der Waals surface area contributed by atoms with Gasteiger partial charge in [-0.2, -0.15) is 0 Å². The lowest BCUT2D eigenvalue weighted by Gasteiger charge is -2.10. The second kappa shape index (κ2) is 4.68. The molecule has 3 rings (SSSR count). The minimum atomic E-state index is -0.737. The van der Waals surface area contributed by atoms with Gasteiger partial charge in [-0.05, 0) is 37.0 Å². The van der Waals surface area contributed by atoms with Crippen LogP contribution in [0.25, 0.3) is 11.1 Å². The summed E-state index contributed by atoms with van der Waals surface area (Å²) in [5, 5.41) is 9.23. The number of aryl methyl sites for hydroxylation is 1. The molecule has 1 N–H and O–H groups in total. The number of nitrogens with zero attached hydrogens (tertiary/aromatic N) is 1. The summed E-state index contributed by atoms with van der Waals surface area (Å²) in [6.07, 6.45) is 3.46. The molecule has 1 aliphatic rings. The number of aliphatic carboxylic acids is 1. The monoisotopic (exact) mass is 259 g/mol. The van der Waals surface area contributed by atoms with Crippen LogP contribution in [0.5, 0.6) is 0 Å². The second-order valence-electron chi connectivity index (χ2n) is 5.19. The molecule has 2 aromatic rings. The van der Waals surface area contributed by atoms with Crippen molar-refractivity contribution in [3.05, 3.63) is 29.7 Å². The van der Waals surface area contributed by atoms with Crippen molar-refractivity contribution in [3.63, 3.8) is 0 Å². The summed E-state index contributed by atoms with van der Waals surface area (Å²) in [5.41, 5.74) is 2.81. The highest BCUT2D eigenvalue weighted by Gasteiger charge is 2.37. The van der Waals surface area contributed by atoms with E-state index in [1.807, 2.05) is 18.2 Å². The van der Waals surface area contributed by atoms with Gasteiger partial charge in [0, 0.05) is 5.92 Å². The minimum Gasteiger partial charge on any atom is -0.481 e. The Hall–Kier alpha value is -1.84.